The Balaban J connectivity index is 2.61. The highest BCUT2D eigenvalue weighted by atomic mass is 19.1. The number of hydrogen-bond acceptors (Lipinski definition) is 3. The SMILES string of the molecule is CC(C)OCCN(C)c1cc(F)cc(CO)c1. The number of ether oxygens (including phenoxy) is 1. The van der Waals surface area contributed by atoms with Crippen LogP contribution in [0.2, 0.25) is 0 Å². The van der Waals surface area contributed by atoms with E-state index in [1.165, 1.54) is 12.1 Å². The lowest BCUT2D eigenvalue weighted by Gasteiger charge is -2.20. The van der Waals surface area contributed by atoms with Crippen LogP contribution in [0.5, 0.6) is 0 Å². The topological polar surface area (TPSA) is 32.7 Å². The van der Waals surface area contributed by atoms with Crippen LogP contribution in [0.25, 0.3) is 0 Å². The molecule has 0 radical (unpaired) electrons. The first-order valence-electron chi connectivity index (χ1n) is 5.76. The zero-order valence-corrected chi connectivity index (χ0v) is 10.6. The standard InChI is InChI=1S/C13H20FNO2/c1-10(2)17-5-4-15(3)13-7-11(9-16)6-12(14)8-13/h6-8,10,16H,4-5,9H2,1-3H3. The Bertz CT molecular complexity index is 355. The molecule has 96 valence electrons. The lowest BCUT2D eigenvalue weighted by Crippen LogP contribution is -2.24. The Morgan fingerprint density at radius 3 is 2.65 bits per heavy atom. The fourth-order valence-electron chi connectivity index (χ4n) is 1.50. The summed E-state index contributed by atoms with van der Waals surface area (Å²) in [4.78, 5) is 1.91. The molecule has 0 spiro atoms. The molecule has 1 rings (SSSR count). The van der Waals surface area contributed by atoms with Crippen LogP contribution in [0.15, 0.2) is 18.2 Å². The summed E-state index contributed by atoms with van der Waals surface area (Å²) in [6.07, 6.45) is 0.198. The van der Waals surface area contributed by atoms with Crippen molar-refractivity contribution in [2.24, 2.45) is 0 Å². The smallest absolute Gasteiger partial charge is 0.125 e. The molecule has 1 aromatic rings. The average molecular weight is 241 g/mol. The van der Waals surface area contributed by atoms with Gasteiger partial charge in [0.1, 0.15) is 5.82 Å². The van der Waals surface area contributed by atoms with Crippen LogP contribution in [0, 0.1) is 5.82 Å². The Hall–Kier alpha value is -1.13. The molecule has 0 saturated carbocycles. The number of anilines is 1. The Labute approximate surface area is 102 Å². The van der Waals surface area contributed by atoms with Gasteiger partial charge in [-0.3, -0.25) is 0 Å². The lowest BCUT2D eigenvalue weighted by molar-refractivity contribution is 0.0846. The number of rotatable bonds is 6. The molecule has 1 aromatic carbocycles. The zero-order chi connectivity index (χ0) is 12.8. The molecule has 1 N–H and O–H groups in total. The summed E-state index contributed by atoms with van der Waals surface area (Å²) in [5, 5.41) is 9.01. The van der Waals surface area contributed by atoms with Crippen molar-refractivity contribution in [3.05, 3.63) is 29.6 Å². The van der Waals surface area contributed by atoms with Crippen LogP contribution < -0.4 is 4.90 Å². The highest BCUT2D eigenvalue weighted by molar-refractivity contribution is 5.48. The lowest BCUT2D eigenvalue weighted by atomic mass is 10.2. The van der Waals surface area contributed by atoms with Crippen molar-refractivity contribution < 1.29 is 14.2 Å². The molecule has 17 heavy (non-hydrogen) atoms. The number of halogens is 1. The molecule has 0 aliphatic rings. The van der Waals surface area contributed by atoms with Gasteiger partial charge in [0.2, 0.25) is 0 Å². The first-order valence-corrected chi connectivity index (χ1v) is 5.76. The van der Waals surface area contributed by atoms with Crippen molar-refractivity contribution in [3.63, 3.8) is 0 Å². The maximum atomic E-state index is 13.3. The van der Waals surface area contributed by atoms with Crippen LogP contribution in [-0.4, -0.2) is 31.4 Å². The van der Waals surface area contributed by atoms with Crippen LogP contribution >= 0.6 is 0 Å². The molecule has 0 unspecified atom stereocenters. The highest BCUT2D eigenvalue weighted by Gasteiger charge is 2.05. The number of hydrogen-bond donors (Lipinski definition) is 1. The van der Waals surface area contributed by atoms with Gasteiger partial charge in [-0.05, 0) is 37.6 Å². The van der Waals surface area contributed by atoms with E-state index >= 15 is 0 Å². The third kappa shape index (κ3) is 4.71. The van der Waals surface area contributed by atoms with Gasteiger partial charge < -0.3 is 14.7 Å². The number of benzene rings is 1. The minimum atomic E-state index is -0.330. The summed E-state index contributed by atoms with van der Waals surface area (Å²) in [5.74, 6) is -0.330. The second kappa shape index (κ2) is 6.57. The van der Waals surface area contributed by atoms with E-state index in [-0.39, 0.29) is 18.5 Å². The number of aliphatic hydroxyl groups excluding tert-OH is 1. The van der Waals surface area contributed by atoms with E-state index in [9.17, 15) is 4.39 Å². The van der Waals surface area contributed by atoms with E-state index in [2.05, 4.69) is 0 Å². The largest absolute Gasteiger partial charge is 0.392 e. The second-order valence-electron chi connectivity index (χ2n) is 4.32. The van der Waals surface area contributed by atoms with Crippen molar-refractivity contribution >= 4 is 5.69 Å². The third-order valence-electron chi connectivity index (χ3n) is 2.44. The third-order valence-corrected chi connectivity index (χ3v) is 2.44. The Kier molecular flexibility index (Phi) is 5.38. The Morgan fingerprint density at radius 2 is 2.06 bits per heavy atom. The second-order valence-corrected chi connectivity index (χ2v) is 4.32. The summed E-state index contributed by atoms with van der Waals surface area (Å²) in [6.45, 7) is 5.09. The molecular weight excluding hydrogens is 221 g/mol. The predicted molar refractivity (Wildman–Crippen MR) is 66.7 cm³/mol. The van der Waals surface area contributed by atoms with Crippen molar-refractivity contribution in [1.29, 1.82) is 0 Å². The fraction of sp³-hybridized carbons (Fsp3) is 0.538. The fourth-order valence-corrected chi connectivity index (χ4v) is 1.50. The molecule has 3 nitrogen and oxygen atoms in total. The molecule has 0 aliphatic carbocycles. The molecule has 0 bridgehead atoms. The monoisotopic (exact) mass is 241 g/mol. The van der Waals surface area contributed by atoms with Gasteiger partial charge in [-0.1, -0.05) is 0 Å². The minimum absolute atomic E-state index is 0.152. The van der Waals surface area contributed by atoms with Gasteiger partial charge in [0.15, 0.2) is 0 Å². The van der Waals surface area contributed by atoms with Gasteiger partial charge in [-0.2, -0.15) is 0 Å². The van der Waals surface area contributed by atoms with Gasteiger partial charge in [-0.25, -0.2) is 4.39 Å². The quantitative estimate of drug-likeness (QED) is 0.828. The molecule has 4 heteroatoms. The minimum Gasteiger partial charge on any atom is -0.392 e. The number of likely N-dealkylation sites (N-methyl/N-ethyl adjacent to an activating group) is 1. The van der Waals surface area contributed by atoms with Crippen molar-refractivity contribution in [1.82, 2.24) is 0 Å². The highest BCUT2D eigenvalue weighted by Crippen LogP contribution is 2.17. The Morgan fingerprint density at radius 1 is 1.35 bits per heavy atom. The van der Waals surface area contributed by atoms with Gasteiger partial charge in [0, 0.05) is 19.3 Å². The summed E-state index contributed by atoms with van der Waals surface area (Å²) in [7, 11) is 1.87. The van der Waals surface area contributed by atoms with Crippen LogP contribution in [-0.2, 0) is 11.3 Å². The zero-order valence-electron chi connectivity index (χ0n) is 10.6. The van der Waals surface area contributed by atoms with Crippen molar-refractivity contribution in [3.8, 4) is 0 Å². The van der Waals surface area contributed by atoms with E-state index in [0.29, 0.717) is 18.7 Å². The number of aliphatic hydroxyl groups is 1. The summed E-state index contributed by atoms with van der Waals surface area (Å²) in [6, 6.07) is 4.56. The van der Waals surface area contributed by atoms with Gasteiger partial charge in [0.05, 0.1) is 19.3 Å². The summed E-state index contributed by atoms with van der Waals surface area (Å²) < 4.78 is 18.7. The normalized spacial score (nSPS) is 10.9. The van der Waals surface area contributed by atoms with Crippen molar-refractivity contribution in [2.45, 2.75) is 26.6 Å². The predicted octanol–water partition coefficient (Wildman–Crippen LogP) is 2.18. The molecule has 0 fully saturated rings. The first kappa shape index (κ1) is 13.9. The molecule has 0 amide bonds. The van der Waals surface area contributed by atoms with E-state index < -0.39 is 0 Å². The van der Waals surface area contributed by atoms with E-state index in [1.807, 2.05) is 25.8 Å². The molecular formula is C13H20FNO2. The van der Waals surface area contributed by atoms with Gasteiger partial charge in [0.25, 0.3) is 0 Å². The van der Waals surface area contributed by atoms with Gasteiger partial charge in [-0.15, -0.1) is 0 Å². The number of nitrogens with zero attached hydrogens (tertiary/aromatic N) is 1. The molecule has 0 aliphatic heterocycles. The maximum absolute atomic E-state index is 13.3. The van der Waals surface area contributed by atoms with E-state index in [4.69, 9.17) is 9.84 Å². The maximum Gasteiger partial charge on any atom is 0.125 e. The van der Waals surface area contributed by atoms with Crippen LogP contribution in [0.3, 0.4) is 0 Å². The molecule has 0 heterocycles. The van der Waals surface area contributed by atoms with Crippen LogP contribution in [0.4, 0.5) is 10.1 Å². The first-order chi connectivity index (χ1) is 8.02. The molecule has 0 aromatic heterocycles. The van der Waals surface area contributed by atoms with E-state index in [1.54, 1.807) is 6.07 Å². The molecule has 0 atom stereocenters. The van der Waals surface area contributed by atoms with Crippen molar-refractivity contribution in [2.75, 3.05) is 25.1 Å². The molecule has 0 saturated heterocycles. The van der Waals surface area contributed by atoms with Gasteiger partial charge >= 0.3 is 0 Å². The summed E-state index contributed by atoms with van der Waals surface area (Å²) in [5.41, 5.74) is 1.33. The van der Waals surface area contributed by atoms with Crippen LogP contribution in [0.1, 0.15) is 19.4 Å². The van der Waals surface area contributed by atoms with E-state index in [0.717, 1.165) is 5.69 Å². The average Bonchev–Trinajstić information content (AvgIpc) is 2.27. The summed E-state index contributed by atoms with van der Waals surface area (Å²) >= 11 is 0.